The smallest absolute Gasteiger partial charge is 0.411 e. The summed E-state index contributed by atoms with van der Waals surface area (Å²) in [7, 11) is 0. The van der Waals surface area contributed by atoms with Crippen LogP contribution in [0.1, 0.15) is 5.56 Å². The molecule has 6 heteroatoms. The van der Waals surface area contributed by atoms with Crippen molar-refractivity contribution in [1.82, 2.24) is 9.97 Å². The SMILES string of the molecule is Cc1c(Sc2ccccc2)ccc2[nH]c(NC(=O)O)nc12. The lowest BCUT2D eigenvalue weighted by Crippen LogP contribution is -2.08. The fourth-order valence-corrected chi connectivity index (χ4v) is 3.01. The molecule has 0 bridgehead atoms. The van der Waals surface area contributed by atoms with E-state index >= 15 is 0 Å². The largest absolute Gasteiger partial charge is 0.465 e. The maximum atomic E-state index is 10.7. The highest BCUT2D eigenvalue weighted by atomic mass is 32.2. The molecule has 106 valence electrons. The Labute approximate surface area is 125 Å². The third-order valence-corrected chi connectivity index (χ3v) is 4.22. The molecule has 2 aromatic carbocycles. The van der Waals surface area contributed by atoms with Gasteiger partial charge in [0.2, 0.25) is 5.95 Å². The summed E-state index contributed by atoms with van der Waals surface area (Å²) in [6.45, 7) is 1.99. The van der Waals surface area contributed by atoms with Gasteiger partial charge in [-0.25, -0.2) is 9.78 Å². The predicted molar refractivity (Wildman–Crippen MR) is 83.0 cm³/mol. The number of carbonyl (C=O) groups is 1. The van der Waals surface area contributed by atoms with E-state index in [0.29, 0.717) is 0 Å². The number of carboxylic acid groups (broad SMARTS) is 1. The molecule has 0 aliphatic carbocycles. The first-order valence-corrected chi connectivity index (χ1v) is 7.17. The summed E-state index contributed by atoms with van der Waals surface area (Å²) in [5.74, 6) is 0.238. The van der Waals surface area contributed by atoms with Crippen LogP contribution in [0.3, 0.4) is 0 Å². The molecule has 0 unspecified atom stereocenters. The van der Waals surface area contributed by atoms with E-state index in [0.717, 1.165) is 26.4 Å². The highest BCUT2D eigenvalue weighted by Crippen LogP contribution is 2.33. The van der Waals surface area contributed by atoms with Crippen LogP contribution in [0, 0.1) is 6.92 Å². The third-order valence-electron chi connectivity index (χ3n) is 3.05. The lowest BCUT2D eigenvalue weighted by atomic mass is 10.2. The first kappa shape index (κ1) is 13.5. The van der Waals surface area contributed by atoms with E-state index in [-0.39, 0.29) is 5.95 Å². The Kier molecular flexibility index (Phi) is 3.53. The Morgan fingerprint density at radius 2 is 2.00 bits per heavy atom. The van der Waals surface area contributed by atoms with E-state index in [1.54, 1.807) is 11.8 Å². The monoisotopic (exact) mass is 299 g/mol. The van der Waals surface area contributed by atoms with Crippen LogP contribution in [0.2, 0.25) is 0 Å². The number of hydrogen-bond donors (Lipinski definition) is 3. The molecule has 0 fully saturated rings. The lowest BCUT2D eigenvalue weighted by molar-refractivity contribution is 0.209. The van der Waals surface area contributed by atoms with Crippen molar-refractivity contribution in [2.75, 3.05) is 5.32 Å². The van der Waals surface area contributed by atoms with E-state index in [4.69, 9.17) is 5.11 Å². The normalized spacial score (nSPS) is 10.7. The predicted octanol–water partition coefficient (Wildman–Crippen LogP) is 4.11. The Morgan fingerprint density at radius 3 is 2.71 bits per heavy atom. The Balaban J connectivity index is 1.97. The van der Waals surface area contributed by atoms with Gasteiger partial charge in [0, 0.05) is 9.79 Å². The van der Waals surface area contributed by atoms with E-state index in [1.165, 1.54) is 0 Å². The van der Waals surface area contributed by atoms with Gasteiger partial charge in [0.25, 0.3) is 0 Å². The molecule has 3 rings (SSSR count). The van der Waals surface area contributed by atoms with Crippen molar-refractivity contribution in [3.63, 3.8) is 0 Å². The van der Waals surface area contributed by atoms with Crippen LogP contribution in [0.15, 0.2) is 52.3 Å². The van der Waals surface area contributed by atoms with Crippen LogP contribution >= 0.6 is 11.8 Å². The van der Waals surface area contributed by atoms with Crippen LogP contribution < -0.4 is 5.32 Å². The molecule has 1 heterocycles. The van der Waals surface area contributed by atoms with E-state index in [9.17, 15) is 4.79 Å². The standard InChI is InChI=1S/C15H13N3O2S/c1-9-12(21-10-5-3-2-4-6-10)8-7-11-13(9)17-14(16-11)18-15(19)20/h2-8H,1H3,(H,19,20)(H2,16,17,18). The number of nitrogens with one attached hydrogen (secondary N) is 2. The zero-order valence-electron chi connectivity index (χ0n) is 11.3. The summed E-state index contributed by atoms with van der Waals surface area (Å²) in [6.07, 6.45) is -1.13. The quantitative estimate of drug-likeness (QED) is 0.680. The summed E-state index contributed by atoms with van der Waals surface area (Å²) < 4.78 is 0. The summed E-state index contributed by atoms with van der Waals surface area (Å²) >= 11 is 1.66. The molecule has 3 aromatic rings. The van der Waals surface area contributed by atoms with Gasteiger partial charge in [0.15, 0.2) is 0 Å². The lowest BCUT2D eigenvalue weighted by Gasteiger charge is -2.05. The first-order valence-electron chi connectivity index (χ1n) is 6.35. The molecule has 0 aliphatic rings. The summed E-state index contributed by atoms with van der Waals surface area (Å²) in [6, 6.07) is 14.0. The number of H-pyrrole nitrogens is 1. The van der Waals surface area contributed by atoms with Gasteiger partial charge >= 0.3 is 6.09 Å². The first-order chi connectivity index (χ1) is 10.1. The maximum Gasteiger partial charge on any atom is 0.411 e. The molecule has 5 nitrogen and oxygen atoms in total. The van der Waals surface area contributed by atoms with Crippen LogP contribution in [0.5, 0.6) is 0 Å². The van der Waals surface area contributed by atoms with E-state index in [1.807, 2.05) is 37.3 Å². The Hall–Kier alpha value is -2.47. The molecule has 3 N–H and O–H groups in total. The molecule has 1 aromatic heterocycles. The average molecular weight is 299 g/mol. The number of nitrogens with zero attached hydrogens (tertiary/aromatic N) is 1. The second-order valence-electron chi connectivity index (χ2n) is 4.52. The van der Waals surface area contributed by atoms with Crippen molar-refractivity contribution >= 4 is 34.8 Å². The molecule has 0 radical (unpaired) electrons. The minimum Gasteiger partial charge on any atom is -0.465 e. The van der Waals surface area contributed by atoms with Crippen LogP contribution in [0.25, 0.3) is 11.0 Å². The molecule has 0 aliphatic heterocycles. The van der Waals surface area contributed by atoms with E-state index in [2.05, 4.69) is 27.4 Å². The molecule has 0 spiro atoms. The number of imidazole rings is 1. The highest BCUT2D eigenvalue weighted by Gasteiger charge is 2.11. The molecule has 0 saturated heterocycles. The fourth-order valence-electron chi connectivity index (χ4n) is 2.08. The van der Waals surface area contributed by atoms with Gasteiger partial charge in [-0.1, -0.05) is 30.0 Å². The van der Waals surface area contributed by atoms with Crippen molar-refractivity contribution in [2.45, 2.75) is 16.7 Å². The summed E-state index contributed by atoms with van der Waals surface area (Å²) in [5.41, 5.74) is 2.62. The number of amides is 1. The molecule has 1 amide bonds. The molecular formula is C15H13N3O2S. The zero-order chi connectivity index (χ0) is 14.8. The minimum atomic E-state index is -1.13. The van der Waals surface area contributed by atoms with Gasteiger partial charge < -0.3 is 10.1 Å². The molecular weight excluding hydrogens is 286 g/mol. The Bertz CT molecular complexity index is 799. The molecule has 0 atom stereocenters. The van der Waals surface area contributed by atoms with Gasteiger partial charge in [-0.3, -0.25) is 5.32 Å². The van der Waals surface area contributed by atoms with Crippen molar-refractivity contribution in [2.24, 2.45) is 0 Å². The minimum absolute atomic E-state index is 0.238. The maximum absolute atomic E-state index is 10.7. The van der Waals surface area contributed by atoms with Gasteiger partial charge in [-0.05, 0) is 36.8 Å². The number of aryl methyl sites for hydroxylation is 1. The Morgan fingerprint density at radius 1 is 1.24 bits per heavy atom. The molecule has 0 saturated carbocycles. The van der Waals surface area contributed by atoms with Gasteiger partial charge in [-0.15, -0.1) is 0 Å². The number of aromatic amines is 1. The van der Waals surface area contributed by atoms with Crippen molar-refractivity contribution in [3.8, 4) is 0 Å². The van der Waals surface area contributed by atoms with Crippen LogP contribution in [-0.4, -0.2) is 21.2 Å². The topological polar surface area (TPSA) is 78.0 Å². The number of rotatable bonds is 3. The van der Waals surface area contributed by atoms with Crippen molar-refractivity contribution in [1.29, 1.82) is 0 Å². The van der Waals surface area contributed by atoms with Crippen molar-refractivity contribution in [3.05, 3.63) is 48.0 Å². The summed E-state index contributed by atoms with van der Waals surface area (Å²) in [4.78, 5) is 20.2. The van der Waals surface area contributed by atoms with Gasteiger partial charge in [-0.2, -0.15) is 0 Å². The summed E-state index contributed by atoms with van der Waals surface area (Å²) in [5, 5.41) is 11.0. The second kappa shape index (κ2) is 5.49. The fraction of sp³-hybridized carbons (Fsp3) is 0.0667. The van der Waals surface area contributed by atoms with Gasteiger partial charge in [0.1, 0.15) is 0 Å². The molecule has 21 heavy (non-hydrogen) atoms. The van der Waals surface area contributed by atoms with Crippen LogP contribution in [-0.2, 0) is 0 Å². The number of anilines is 1. The van der Waals surface area contributed by atoms with Crippen LogP contribution in [0.4, 0.5) is 10.7 Å². The zero-order valence-corrected chi connectivity index (χ0v) is 12.1. The highest BCUT2D eigenvalue weighted by molar-refractivity contribution is 7.99. The number of fused-ring (bicyclic) bond motifs is 1. The average Bonchev–Trinajstić information content (AvgIpc) is 2.86. The number of benzene rings is 2. The second-order valence-corrected chi connectivity index (χ2v) is 5.63. The van der Waals surface area contributed by atoms with Crippen molar-refractivity contribution < 1.29 is 9.90 Å². The number of aromatic nitrogens is 2. The van der Waals surface area contributed by atoms with E-state index < -0.39 is 6.09 Å². The number of hydrogen-bond acceptors (Lipinski definition) is 3. The van der Waals surface area contributed by atoms with Gasteiger partial charge in [0.05, 0.1) is 11.0 Å². The third kappa shape index (κ3) is 2.85.